The lowest BCUT2D eigenvalue weighted by Crippen LogP contribution is -2.37. The van der Waals surface area contributed by atoms with Gasteiger partial charge in [0.05, 0.1) is 23.0 Å². The summed E-state index contributed by atoms with van der Waals surface area (Å²) in [7, 11) is 1.82. The fraction of sp³-hybridized carbons (Fsp3) is 0.667. The van der Waals surface area contributed by atoms with Crippen molar-refractivity contribution in [1.82, 2.24) is 14.7 Å². The van der Waals surface area contributed by atoms with E-state index in [0.29, 0.717) is 11.6 Å². The van der Waals surface area contributed by atoms with Crippen LogP contribution in [0.25, 0.3) is 0 Å². The average molecular weight is 274 g/mol. The molecule has 18 heavy (non-hydrogen) atoms. The quantitative estimate of drug-likeness (QED) is 0.862. The summed E-state index contributed by atoms with van der Waals surface area (Å²) in [4.78, 5) is 12.8. The van der Waals surface area contributed by atoms with Gasteiger partial charge in [0.25, 0.3) is 0 Å². The first kappa shape index (κ1) is 15.0. The van der Waals surface area contributed by atoms with E-state index in [4.69, 9.17) is 16.7 Å². The molecule has 6 heteroatoms. The molecule has 1 aromatic heterocycles. The van der Waals surface area contributed by atoms with Gasteiger partial charge in [-0.15, -0.1) is 0 Å². The highest BCUT2D eigenvalue weighted by atomic mass is 35.5. The van der Waals surface area contributed by atoms with Crippen molar-refractivity contribution in [2.45, 2.75) is 39.8 Å². The molecule has 5 nitrogen and oxygen atoms in total. The molecule has 1 rings (SSSR count). The third kappa shape index (κ3) is 3.46. The summed E-state index contributed by atoms with van der Waals surface area (Å²) in [6, 6.07) is 0.187. The molecule has 1 atom stereocenters. The molecular weight excluding hydrogens is 254 g/mol. The van der Waals surface area contributed by atoms with Crippen LogP contribution in [0.15, 0.2) is 0 Å². The van der Waals surface area contributed by atoms with E-state index in [2.05, 4.69) is 5.10 Å². The Labute approximate surface area is 112 Å². The summed E-state index contributed by atoms with van der Waals surface area (Å²) in [5, 5.41) is 13.8. The summed E-state index contributed by atoms with van der Waals surface area (Å²) in [5.41, 5.74) is 1.63. The molecule has 0 aromatic carbocycles. The first-order valence-corrected chi connectivity index (χ1v) is 6.38. The van der Waals surface area contributed by atoms with Crippen molar-refractivity contribution in [2.24, 2.45) is 7.05 Å². The summed E-state index contributed by atoms with van der Waals surface area (Å²) in [5.74, 6) is -0.828. The zero-order valence-corrected chi connectivity index (χ0v) is 12.0. The van der Waals surface area contributed by atoms with Crippen molar-refractivity contribution < 1.29 is 9.90 Å². The van der Waals surface area contributed by atoms with Crippen molar-refractivity contribution in [2.75, 3.05) is 6.54 Å². The smallest absolute Gasteiger partial charge is 0.317 e. The fourth-order valence-electron chi connectivity index (χ4n) is 1.84. The maximum atomic E-state index is 10.9. The molecule has 0 aliphatic rings. The van der Waals surface area contributed by atoms with E-state index < -0.39 is 5.97 Å². The van der Waals surface area contributed by atoms with Crippen molar-refractivity contribution >= 4 is 17.6 Å². The molecule has 0 spiro atoms. The molecule has 1 N–H and O–H groups in total. The molecule has 1 heterocycles. The maximum absolute atomic E-state index is 10.9. The average Bonchev–Trinajstić information content (AvgIpc) is 2.53. The Morgan fingerprint density at radius 2 is 2.22 bits per heavy atom. The van der Waals surface area contributed by atoms with Crippen LogP contribution in [-0.2, 0) is 18.4 Å². The molecule has 0 aliphatic heterocycles. The van der Waals surface area contributed by atoms with E-state index >= 15 is 0 Å². The topological polar surface area (TPSA) is 58.4 Å². The van der Waals surface area contributed by atoms with Crippen LogP contribution in [-0.4, -0.2) is 38.3 Å². The minimum Gasteiger partial charge on any atom is -0.480 e. The number of halogens is 1. The number of aryl methyl sites for hydroxylation is 2. The van der Waals surface area contributed by atoms with E-state index in [-0.39, 0.29) is 12.6 Å². The molecule has 0 amide bonds. The molecule has 1 aromatic rings. The van der Waals surface area contributed by atoms with Gasteiger partial charge < -0.3 is 5.11 Å². The minimum absolute atomic E-state index is 0.00949. The van der Waals surface area contributed by atoms with Crippen LogP contribution in [0, 0.1) is 6.92 Å². The van der Waals surface area contributed by atoms with E-state index in [0.717, 1.165) is 17.8 Å². The van der Waals surface area contributed by atoms with Gasteiger partial charge in [0.15, 0.2) is 0 Å². The summed E-state index contributed by atoms with van der Waals surface area (Å²) in [6.07, 6.45) is 0.891. The third-order valence-electron chi connectivity index (χ3n) is 3.17. The normalized spacial score (nSPS) is 13.0. The number of rotatable bonds is 6. The molecule has 0 saturated carbocycles. The zero-order valence-electron chi connectivity index (χ0n) is 11.3. The number of aromatic nitrogens is 2. The van der Waals surface area contributed by atoms with Gasteiger partial charge in [-0.1, -0.05) is 18.5 Å². The minimum atomic E-state index is -0.828. The van der Waals surface area contributed by atoms with Gasteiger partial charge in [-0.2, -0.15) is 5.10 Å². The second kappa shape index (κ2) is 6.20. The molecule has 0 fully saturated rings. The van der Waals surface area contributed by atoms with Crippen LogP contribution >= 0.6 is 11.6 Å². The summed E-state index contributed by atoms with van der Waals surface area (Å²) in [6.45, 7) is 6.40. The highest BCUT2D eigenvalue weighted by Gasteiger charge is 2.20. The molecular formula is C12H20ClN3O2. The van der Waals surface area contributed by atoms with E-state index in [1.165, 1.54) is 0 Å². The predicted octanol–water partition coefficient (Wildman–Crippen LogP) is 2.07. The molecule has 0 aliphatic carbocycles. The first-order valence-electron chi connectivity index (χ1n) is 6.00. The van der Waals surface area contributed by atoms with Crippen LogP contribution in [0.1, 0.15) is 31.7 Å². The van der Waals surface area contributed by atoms with Crippen molar-refractivity contribution in [3.05, 3.63) is 16.4 Å². The molecule has 0 saturated heterocycles. The van der Waals surface area contributed by atoms with Gasteiger partial charge in [0.2, 0.25) is 0 Å². The number of carbonyl (C=O) groups is 1. The predicted molar refractivity (Wildman–Crippen MR) is 70.8 cm³/mol. The Hall–Kier alpha value is -1.07. The highest BCUT2D eigenvalue weighted by Crippen LogP contribution is 2.22. The Morgan fingerprint density at radius 3 is 2.61 bits per heavy atom. The SMILES string of the molecule is CCC(C)N(CC(=O)O)Cc1c(Cl)c(C)nn1C. The second-order valence-corrected chi connectivity index (χ2v) is 4.90. The lowest BCUT2D eigenvalue weighted by Gasteiger charge is -2.26. The lowest BCUT2D eigenvalue weighted by atomic mass is 10.2. The van der Waals surface area contributed by atoms with Gasteiger partial charge in [0.1, 0.15) is 0 Å². The van der Waals surface area contributed by atoms with Gasteiger partial charge in [-0.25, -0.2) is 0 Å². The number of hydrogen-bond donors (Lipinski definition) is 1. The van der Waals surface area contributed by atoms with Crippen LogP contribution in [0.5, 0.6) is 0 Å². The van der Waals surface area contributed by atoms with Crippen LogP contribution in [0.2, 0.25) is 5.02 Å². The monoisotopic (exact) mass is 273 g/mol. The van der Waals surface area contributed by atoms with Crippen molar-refractivity contribution in [3.8, 4) is 0 Å². The number of carboxylic acid groups (broad SMARTS) is 1. The number of carboxylic acids is 1. The van der Waals surface area contributed by atoms with Gasteiger partial charge in [-0.05, 0) is 20.3 Å². The third-order valence-corrected chi connectivity index (χ3v) is 3.66. The van der Waals surface area contributed by atoms with Crippen molar-refractivity contribution in [3.63, 3.8) is 0 Å². The fourth-order valence-corrected chi connectivity index (χ4v) is 2.06. The Morgan fingerprint density at radius 1 is 1.61 bits per heavy atom. The van der Waals surface area contributed by atoms with E-state index in [9.17, 15) is 4.79 Å². The second-order valence-electron chi connectivity index (χ2n) is 4.53. The Balaban J connectivity index is 2.91. The van der Waals surface area contributed by atoms with Crippen molar-refractivity contribution in [1.29, 1.82) is 0 Å². The Kier molecular flexibility index (Phi) is 5.16. The largest absolute Gasteiger partial charge is 0.480 e. The Bertz CT molecular complexity index is 431. The van der Waals surface area contributed by atoms with Crippen LogP contribution < -0.4 is 0 Å². The highest BCUT2D eigenvalue weighted by molar-refractivity contribution is 6.31. The molecule has 102 valence electrons. The molecule has 1 unspecified atom stereocenters. The van der Waals surface area contributed by atoms with Gasteiger partial charge >= 0.3 is 5.97 Å². The summed E-state index contributed by atoms with van der Waals surface area (Å²) < 4.78 is 1.72. The van der Waals surface area contributed by atoms with Gasteiger partial charge in [0, 0.05) is 19.6 Å². The lowest BCUT2D eigenvalue weighted by molar-refractivity contribution is -0.139. The van der Waals surface area contributed by atoms with Gasteiger partial charge in [-0.3, -0.25) is 14.4 Å². The zero-order chi connectivity index (χ0) is 13.9. The van der Waals surface area contributed by atoms with E-state index in [1.807, 2.05) is 32.7 Å². The first-order chi connectivity index (χ1) is 8.36. The van der Waals surface area contributed by atoms with Crippen LogP contribution in [0.4, 0.5) is 0 Å². The van der Waals surface area contributed by atoms with Crippen LogP contribution in [0.3, 0.4) is 0 Å². The number of nitrogens with zero attached hydrogens (tertiary/aromatic N) is 3. The maximum Gasteiger partial charge on any atom is 0.317 e. The summed E-state index contributed by atoms with van der Waals surface area (Å²) >= 11 is 6.19. The molecule has 0 radical (unpaired) electrons. The number of aliphatic carboxylic acids is 1. The number of hydrogen-bond acceptors (Lipinski definition) is 3. The standard InChI is InChI=1S/C12H20ClN3O2/c1-5-8(2)16(7-11(17)18)6-10-12(13)9(3)14-15(10)4/h8H,5-7H2,1-4H3,(H,17,18). The van der Waals surface area contributed by atoms with E-state index in [1.54, 1.807) is 4.68 Å². The molecule has 0 bridgehead atoms.